The van der Waals surface area contributed by atoms with Crippen LogP contribution in [0.25, 0.3) is 0 Å². The lowest BCUT2D eigenvalue weighted by atomic mass is 9.74. The van der Waals surface area contributed by atoms with Crippen molar-refractivity contribution in [3.8, 4) is 0 Å². The van der Waals surface area contributed by atoms with Crippen molar-refractivity contribution >= 4 is 11.8 Å². The molecule has 0 aromatic rings. The maximum absolute atomic E-state index is 12.3. The summed E-state index contributed by atoms with van der Waals surface area (Å²) in [6.07, 6.45) is 3.19. The third kappa shape index (κ3) is 1.83. The molecular weight excluding hydrogens is 216 g/mol. The zero-order valence-corrected chi connectivity index (χ0v) is 11.1. The van der Waals surface area contributed by atoms with E-state index >= 15 is 0 Å². The first-order valence-corrected chi connectivity index (χ1v) is 6.50. The van der Waals surface area contributed by atoms with E-state index in [1.807, 2.05) is 18.7 Å². The van der Waals surface area contributed by atoms with Crippen LogP contribution in [0.5, 0.6) is 0 Å². The molecule has 2 aliphatic rings. The van der Waals surface area contributed by atoms with Crippen LogP contribution in [0, 0.1) is 5.92 Å². The topological polar surface area (TPSA) is 49.4 Å². The summed E-state index contributed by atoms with van der Waals surface area (Å²) in [5.41, 5.74) is -0.0992. The van der Waals surface area contributed by atoms with Gasteiger partial charge < -0.3 is 10.2 Å². The van der Waals surface area contributed by atoms with E-state index in [2.05, 4.69) is 12.2 Å². The van der Waals surface area contributed by atoms with Crippen LogP contribution in [-0.2, 0) is 9.59 Å². The summed E-state index contributed by atoms with van der Waals surface area (Å²) in [7, 11) is 0. The molecule has 2 rings (SSSR count). The van der Waals surface area contributed by atoms with Gasteiger partial charge in [0.15, 0.2) is 0 Å². The predicted octanol–water partition coefficient (Wildman–Crippen LogP) is 1.30. The van der Waals surface area contributed by atoms with Gasteiger partial charge in [-0.25, -0.2) is 0 Å². The standard InChI is InChI=1S/C13H22N2O2/c1-8(2)10-11(16)14-9(3)12(17)15(10)13(4)6-5-7-13/h8-10H,5-7H2,1-4H3,(H,14,16). The van der Waals surface area contributed by atoms with Gasteiger partial charge in [0.05, 0.1) is 0 Å². The highest BCUT2D eigenvalue weighted by Gasteiger charge is 2.50. The van der Waals surface area contributed by atoms with E-state index in [4.69, 9.17) is 0 Å². The molecule has 0 aromatic heterocycles. The summed E-state index contributed by atoms with van der Waals surface area (Å²) in [6.45, 7) is 7.88. The lowest BCUT2D eigenvalue weighted by Gasteiger charge is -2.54. The van der Waals surface area contributed by atoms with Gasteiger partial charge in [-0.1, -0.05) is 13.8 Å². The fourth-order valence-electron chi connectivity index (χ4n) is 2.96. The SMILES string of the molecule is CC1NC(=O)C(C(C)C)N(C2(C)CCC2)C1=O. The third-order valence-electron chi connectivity index (χ3n) is 4.16. The van der Waals surface area contributed by atoms with E-state index in [0.29, 0.717) is 0 Å². The second-order valence-electron chi connectivity index (χ2n) is 5.98. The Morgan fingerprint density at radius 2 is 1.94 bits per heavy atom. The summed E-state index contributed by atoms with van der Waals surface area (Å²) in [4.78, 5) is 26.3. The molecule has 96 valence electrons. The van der Waals surface area contributed by atoms with Crippen molar-refractivity contribution in [1.82, 2.24) is 10.2 Å². The lowest BCUT2D eigenvalue weighted by Crippen LogP contribution is -2.71. The first-order chi connectivity index (χ1) is 7.87. The van der Waals surface area contributed by atoms with Gasteiger partial charge in [-0.2, -0.15) is 0 Å². The highest BCUT2D eigenvalue weighted by Crippen LogP contribution is 2.40. The van der Waals surface area contributed by atoms with Crippen molar-refractivity contribution in [2.75, 3.05) is 0 Å². The minimum atomic E-state index is -0.380. The maximum atomic E-state index is 12.3. The van der Waals surface area contributed by atoms with Gasteiger partial charge in [-0.3, -0.25) is 9.59 Å². The highest BCUT2D eigenvalue weighted by molar-refractivity contribution is 5.97. The Morgan fingerprint density at radius 3 is 2.35 bits per heavy atom. The van der Waals surface area contributed by atoms with E-state index in [9.17, 15) is 9.59 Å². The molecule has 4 heteroatoms. The first kappa shape index (κ1) is 12.4. The number of amides is 2. The third-order valence-corrected chi connectivity index (χ3v) is 4.16. The second-order valence-corrected chi connectivity index (χ2v) is 5.98. The van der Waals surface area contributed by atoms with Gasteiger partial charge in [0.25, 0.3) is 0 Å². The molecule has 2 fully saturated rings. The summed E-state index contributed by atoms with van der Waals surface area (Å²) >= 11 is 0. The van der Waals surface area contributed by atoms with E-state index in [0.717, 1.165) is 19.3 Å². The van der Waals surface area contributed by atoms with Crippen LogP contribution >= 0.6 is 0 Å². The van der Waals surface area contributed by atoms with Gasteiger partial charge in [0.1, 0.15) is 12.1 Å². The van der Waals surface area contributed by atoms with Crippen LogP contribution in [0.2, 0.25) is 0 Å². The van der Waals surface area contributed by atoms with E-state index in [1.54, 1.807) is 6.92 Å². The van der Waals surface area contributed by atoms with Crippen molar-refractivity contribution in [2.45, 2.75) is 64.6 Å². The molecule has 0 bridgehead atoms. The second kappa shape index (κ2) is 4.00. The maximum Gasteiger partial charge on any atom is 0.246 e. The quantitative estimate of drug-likeness (QED) is 0.788. The Labute approximate surface area is 103 Å². The van der Waals surface area contributed by atoms with E-state index < -0.39 is 0 Å². The fraction of sp³-hybridized carbons (Fsp3) is 0.846. The molecule has 0 radical (unpaired) electrons. The Hall–Kier alpha value is -1.06. The summed E-state index contributed by atoms with van der Waals surface area (Å²) in [6, 6.07) is -0.682. The number of carbonyl (C=O) groups excluding carboxylic acids is 2. The van der Waals surface area contributed by atoms with Crippen LogP contribution in [0.3, 0.4) is 0 Å². The lowest BCUT2D eigenvalue weighted by molar-refractivity contribution is -0.162. The Kier molecular flexibility index (Phi) is 2.92. The molecular formula is C13H22N2O2. The molecule has 0 aromatic carbocycles. The Balaban J connectivity index is 2.33. The van der Waals surface area contributed by atoms with Crippen LogP contribution in [-0.4, -0.2) is 34.3 Å². The number of piperazine rings is 1. The smallest absolute Gasteiger partial charge is 0.246 e. The van der Waals surface area contributed by atoms with Gasteiger partial charge in [-0.15, -0.1) is 0 Å². The van der Waals surface area contributed by atoms with Crippen molar-refractivity contribution < 1.29 is 9.59 Å². The molecule has 0 spiro atoms. The largest absolute Gasteiger partial charge is 0.343 e. The molecule has 2 unspecified atom stereocenters. The first-order valence-electron chi connectivity index (χ1n) is 6.50. The summed E-state index contributed by atoms with van der Waals surface area (Å²) < 4.78 is 0. The average molecular weight is 238 g/mol. The number of rotatable bonds is 2. The van der Waals surface area contributed by atoms with Gasteiger partial charge in [0, 0.05) is 5.54 Å². The molecule has 4 nitrogen and oxygen atoms in total. The summed E-state index contributed by atoms with van der Waals surface area (Å²) in [5.74, 6) is 0.231. The van der Waals surface area contributed by atoms with Gasteiger partial charge in [-0.05, 0) is 39.0 Å². The van der Waals surface area contributed by atoms with Crippen LogP contribution < -0.4 is 5.32 Å². The zero-order chi connectivity index (χ0) is 12.8. The molecule has 2 amide bonds. The van der Waals surface area contributed by atoms with E-state index in [-0.39, 0.29) is 35.4 Å². The van der Waals surface area contributed by atoms with Crippen LogP contribution in [0.1, 0.15) is 47.0 Å². The molecule has 1 aliphatic heterocycles. The van der Waals surface area contributed by atoms with Crippen molar-refractivity contribution in [3.05, 3.63) is 0 Å². The summed E-state index contributed by atoms with van der Waals surface area (Å²) in [5, 5.41) is 2.78. The molecule has 1 saturated heterocycles. The van der Waals surface area contributed by atoms with E-state index in [1.165, 1.54) is 0 Å². The molecule has 1 saturated carbocycles. The number of hydrogen-bond acceptors (Lipinski definition) is 2. The van der Waals surface area contributed by atoms with Crippen molar-refractivity contribution in [3.63, 3.8) is 0 Å². The fourth-order valence-corrected chi connectivity index (χ4v) is 2.96. The Bertz CT molecular complexity index is 347. The minimum Gasteiger partial charge on any atom is -0.343 e. The van der Waals surface area contributed by atoms with Gasteiger partial charge >= 0.3 is 0 Å². The number of carbonyl (C=O) groups is 2. The average Bonchev–Trinajstić information content (AvgIpc) is 2.19. The molecule has 1 N–H and O–H groups in total. The molecule has 1 aliphatic carbocycles. The van der Waals surface area contributed by atoms with Gasteiger partial charge in [0.2, 0.25) is 11.8 Å². The molecule has 2 atom stereocenters. The molecule has 17 heavy (non-hydrogen) atoms. The zero-order valence-electron chi connectivity index (χ0n) is 11.1. The monoisotopic (exact) mass is 238 g/mol. The number of hydrogen-bond donors (Lipinski definition) is 1. The number of nitrogens with zero attached hydrogens (tertiary/aromatic N) is 1. The van der Waals surface area contributed by atoms with Crippen molar-refractivity contribution in [2.24, 2.45) is 5.92 Å². The predicted molar refractivity (Wildman–Crippen MR) is 65.3 cm³/mol. The normalized spacial score (nSPS) is 32.4. The Morgan fingerprint density at radius 1 is 1.35 bits per heavy atom. The van der Waals surface area contributed by atoms with Crippen molar-refractivity contribution in [1.29, 1.82) is 0 Å². The van der Waals surface area contributed by atoms with Crippen LogP contribution in [0.4, 0.5) is 0 Å². The number of nitrogens with one attached hydrogen (secondary N) is 1. The highest BCUT2D eigenvalue weighted by atomic mass is 16.2. The molecule has 1 heterocycles. The van der Waals surface area contributed by atoms with Crippen LogP contribution in [0.15, 0.2) is 0 Å². The minimum absolute atomic E-state index is 0.000208.